The van der Waals surface area contributed by atoms with Crippen LogP contribution in [0.4, 0.5) is 5.69 Å². The summed E-state index contributed by atoms with van der Waals surface area (Å²) in [5, 5.41) is 14.0. The number of hydrogen-bond acceptors (Lipinski definition) is 4. The Hall–Kier alpha value is -2.62. The van der Waals surface area contributed by atoms with Gasteiger partial charge in [0.05, 0.1) is 18.2 Å². The summed E-state index contributed by atoms with van der Waals surface area (Å²) in [7, 11) is 1.58. The van der Waals surface area contributed by atoms with E-state index in [1.165, 1.54) is 16.8 Å². The van der Waals surface area contributed by atoms with E-state index < -0.39 is 0 Å². The van der Waals surface area contributed by atoms with Crippen LogP contribution in [0.1, 0.15) is 51.2 Å². The lowest BCUT2D eigenvalue weighted by atomic mass is 9.79. The molecule has 2 aromatic rings. The molecule has 0 amide bonds. The molecule has 0 spiro atoms. The van der Waals surface area contributed by atoms with Crippen LogP contribution in [0.25, 0.3) is 16.7 Å². The lowest BCUT2D eigenvalue weighted by Crippen LogP contribution is -2.38. The van der Waals surface area contributed by atoms with Gasteiger partial charge in [0.15, 0.2) is 11.5 Å². The quantitative estimate of drug-likeness (QED) is 0.725. The average Bonchev–Trinajstić information content (AvgIpc) is 2.72. The maximum absolute atomic E-state index is 10.3. The summed E-state index contributed by atoms with van der Waals surface area (Å²) in [4.78, 5) is 0. The minimum Gasteiger partial charge on any atom is -0.504 e. The second kappa shape index (κ2) is 6.52. The third-order valence-corrected chi connectivity index (χ3v) is 6.06. The van der Waals surface area contributed by atoms with Gasteiger partial charge in [-0.25, -0.2) is 0 Å². The number of fused-ring (bicyclic) bond motifs is 5. The first-order valence-electron chi connectivity index (χ1n) is 9.76. The van der Waals surface area contributed by atoms with Gasteiger partial charge in [0.25, 0.3) is 0 Å². The number of rotatable bonds is 4. The number of phenolic OH excluding ortho intramolecular Hbond substituents is 1. The van der Waals surface area contributed by atoms with Crippen molar-refractivity contribution in [3.8, 4) is 28.4 Å². The number of aromatic hydroxyl groups is 1. The van der Waals surface area contributed by atoms with Crippen molar-refractivity contribution in [1.29, 1.82) is 0 Å². The molecule has 27 heavy (non-hydrogen) atoms. The first kappa shape index (κ1) is 17.8. The fourth-order valence-electron chi connectivity index (χ4n) is 4.41. The lowest BCUT2D eigenvalue weighted by Gasteiger charge is -2.39. The Labute approximate surface area is 160 Å². The highest BCUT2D eigenvalue weighted by molar-refractivity contribution is 5.92. The normalized spacial score (nSPS) is 16.2. The van der Waals surface area contributed by atoms with Gasteiger partial charge in [-0.15, -0.1) is 0 Å². The molecule has 4 heteroatoms. The Morgan fingerprint density at radius 1 is 1.11 bits per heavy atom. The maximum atomic E-state index is 10.3. The van der Waals surface area contributed by atoms with Crippen LogP contribution in [-0.4, -0.2) is 17.8 Å². The molecule has 2 N–H and O–H groups in total. The molecular formula is C23H27NO3. The fraction of sp³-hybridized carbons (Fsp3) is 0.391. The maximum Gasteiger partial charge on any atom is 0.172 e. The molecule has 0 saturated carbocycles. The van der Waals surface area contributed by atoms with Crippen molar-refractivity contribution in [3.63, 3.8) is 0 Å². The molecule has 4 nitrogen and oxygen atoms in total. The van der Waals surface area contributed by atoms with Gasteiger partial charge < -0.3 is 19.9 Å². The Morgan fingerprint density at radius 2 is 1.89 bits per heavy atom. The molecule has 0 fully saturated rings. The molecule has 0 atom stereocenters. The number of anilines is 1. The first-order valence-corrected chi connectivity index (χ1v) is 9.76. The number of ether oxygens (including phenoxy) is 2. The molecule has 2 aliphatic rings. The van der Waals surface area contributed by atoms with Gasteiger partial charge in [-0.1, -0.05) is 32.9 Å². The highest BCUT2D eigenvalue weighted by Gasteiger charge is 2.33. The number of hydrogen-bond donors (Lipinski definition) is 2. The molecule has 0 unspecified atom stereocenters. The molecule has 142 valence electrons. The van der Waals surface area contributed by atoms with Gasteiger partial charge in [0, 0.05) is 16.8 Å². The number of phenols is 1. The summed E-state index contributed by atoms with van der Waals surface area (Å²) >= 11 is 0. The van der Waals surface area contributed by atoms with Crippen LogP contribution < -0.4 is 14.8 Å². The van der Waals surface area contributed by atoms with E-state index in [0.717, 1.165) is 41.7 Å². The van der Waals surface area contributed by atoms with Crippen LogP contribution in [-0.2, 0) is 6.61 Å². The largest absolute Gasteiger partial charge is 0.504 e. The second-order valence-corrected chi connectivity index (χ2v) is 7.31. The zero-order valence-corrected chi connectivity index (χ0v) is 16.5. The number of nitrogens with one attached hydrogen (secondary N) is 1. The van der Waals surface area contributed by atoms with E-state index in [1.54, 1.807) is 13.2 Å². The standard InChI is InChI=1S/C23H27NO3/c1-5-14-12-23(6-2,7-3)24-17-9-8-15-16(20(14)17)13-27-19-11-10-18(25)22(26-4)21(15)19/h8-12,24-25H,5-7,13H2,1-4H3. The average molecular weight is 365 g/mol. The van der Waals surface area contributed by atoms with Gasteiger partial charge in [-0.3, -0.25) is 0 Å². The lowest BCUT2D eigenvalue weighted by molar-refractivity contribution is 0.297. The van der Waals surface area contributed by atoms with Gasteiger partial charge in [-0.05, 0) is 48.6 Å². The number of methoxy groups -OCH3 is 1. The Balaban J connectivity index is 1.96. The van der Waals surface area contributed by atoms with Gasteiger partial charge in [-0.2, -0.15) is 0 Å². The molecule has 4 rings (SSSR count). The van der Waals surface area contributed by atoms with Crippen molar-refractivity contribution in [2.24, 2.45) is 0 Å². The summed E-state index contributed by atoms with van der Waals surface area (Å²) in [6.07, 6.45) is 5.47. The van der Waals surface area contributed by atoms with E-state index in [-0.39, 0.29) is 11.3 Å². The summed E-state index contributed by atoms with van der Waals surface area (Å²) in [5.74, 6) is 1.35. The summed E-state index contributed by atoms with van der Waals surface area (Å²) < 4.78 is 11.6. The molecule has 0 radical (unpaired) electrons. The van der Waals surface area contributed by atoms with E-state index in [0.29, 0.717) is 12.4 Å². The second-order valence-electron chi connectivity index (χ2n) is 7.31. The third-order valence-electron chi connectivity index (χ3n) is 6.06. The molecule has 0 aliphatic carbocycles. The Bertz CT molecular complexity index is 926. The van der Waals surface area contributed by atoms with Crippen LogP contribution in [0.5, 0.6) is 17.2 Å². The Morgan fingerprint density at radius 3 is 2.56 bits per heavy atom. The molecule has 2 aliphatic heterocycles. The molecular weight excluding hydrogens is 338 g/mol. The van der Waals surface area contributed by atoms with Gasteiger partial charge >= 0.3 is 0 Å². The smallest absolute Gasteiger partial charge is 0.172 e. The van der Waals surface area contributed by atoms with Crippen molar-refractivity contribution in [3.05, 3.63) is 41.5 Å². The molecule has 0 saturated heterocycles. The van der Waals surface area contributed by atoms with Crippen molar-refractivity contribution in [2.75, 3.05) is 12.4 Å². The fourth-order valence-corrected chi connectivity index (χ4v) is 4.41. The summed E-state index contributed by atoms with van der Waals surface area (Å²) in [6, 6.07) is 7.72. The predicted octanol–water partition coefficient (Wildman–Crippen LogP) is 5.74. The van der Waals surface area contributed by atoms with Crippen LogP contribution in [0, 0.1) is 0 Å². The minimum atomic E-state index is 0.00989. The molecule has 2 heterocycles. The highest BCUT2D eigenvalue weighted by atomic mass is 16.5. The van der Waals surface area contributed by atoms with Gasteiger partial charge in [0.1, 0.15) is 12.4 Å². The van der Waals surface area contributed by atoms with Crippen molar-refractivity contribution >= 4 is 11.3 Å². The van der Waals surface area contributed by atoms with Crippen LogP contribution in [0.3, 0.4) is 0 Å². The monoisotopic (exact) mass is 365 g/mol. The van der Waals surface area contributed by atoms with Gasteiger partial charge in [0.2, 0.25) is 0 Å². The molecule has 0 aromatic heterocycles. The van der Waals surface area contributed by atoms with Crippen LogP contribution >= 0.6 is 0 Å². The molecule has 0 bridgehead atoms. The number of allylic oxidation sites excluding steroid dienone is 1. The minimum absolute atomic E-state index is 0.00989. The van der Waals surface area contributed by atoms with Crippen LogP contribution in [0.15, 0.2) is 30.3 Å². The number of benzene rings is 2. The van der Waals surface area contributed by atoms with E-state index >= 15 is 0 Å². The zero-order valence-electron chi connectivity index (χ0n) is 16.5. The predicted molar refractivity (Wildman–Crippen MR) is 110 cm³/mol. The van der Waals surface area contributed by atoms with Crippen molar-refractivity contribution in [1.82, 2.24) is 0 Å². The van der Waals surface area contributed by atoms with Crippen LogP contribution in [0.2, 0.25) is 0 Å². The molecule has 2 aromatic carbocycles. The highest BCUT2D eigenvalue weighted by Crippen LogP contribution is 2.51. The summed E-state index contributed by atoms with van der Waals surface area (Å²) in [5.41, 5.74) is 6.84. The Kier molecular flexibility index (Phi) is 4.29. The zero-order chi connectivity index (χ0) is 19.2. The van der Waals surface area contributed by atoms with E-state index in [1.807, 2.05) is 6.07 Å². The first-order chi connectivity index (χ1) is 13.1. The topological polar surface area (TPSA) is 50.7 Å². The SMILES string of the molecule is CCC1=CC(CC)(CC)Nc2ccc3c(c21)COc1ccc(O)c(OC)c1-3. The van der Waals surface area contributed by atoms with E-state index in [2.05, 4.69) is 44.3 Å². The van der Waals surface area contributed by atoms with Crippen molar-refractivity contribution < 1.29 is 14.6 Å². The van der Waals surface area contributed by atoms with E-state index in [4.69, 9.17) is 9.47 Å². The summed E-state index contributed by atoms with van der Waals surface area (Å²) in [6.45, 7) is 7.19. The third kappa shape index (κ3) is 2.58. The van der Waals surface area contributed by atoms with E-state index in [9.17, 15) is 5.11 Å². The van der Waals surface area contributed by atoms with Crippen molar-refractivity contribution in [2.45, 2.75) is 52.2 Å².